The summed E-state index contributed by atoms with van der Waals surface area (Å²) in [7, 11) is 1.91. The van der Waals surface area contributed by atoms with Crippen LogP contribution in [0.5, 0.6) is 0 Å². The number of amides is 1. The van der Waals surface area contributed by atoms with E-state index >= 15 is 0 Å². The topological polar surface area (TPSA) is 46.3 Å². The molecule has 1 aliphatic carbocycles. The summed E-state index contributed by atoms with van der Waals surface area (Å²) in [5.74, 6) is 1.15. The zero-order chi connectivity index (χ0) is 12.9. The molecule has 0 radical (unpaired) electrons. The molecule has 0 saturated heterocycles. The van der Waals surface area contributed by atoms with E-state index in [1.807, 2.05) is 11.9 Å². The molecule has 1 atom stereocenters. The van der Waals surface area contributed by atoms with E-state index in [0.29, 0.717) is 6.04 Å². The van der Waals surface area contributed by atoms with Gasteiger partial charge in [0, 0.05) is 18.8 Å². The quantitative estimate of drug-likeness (QED) is 0.822. The number of rotatable bonds is 5. The van der Waals surface area contributed by atoms with Crippen molar-refractivity contribution < 1.29 is 4.79 Å². The lowest BCUT2D eigenvalue weighted by Gasteiger charge is -2.38. The molecule has 3 nitrogen and oxygen atoms in total. The van der Waals surface area contributed by atoms with Crippen LogP contribution in [0.1, 0.15) is 45.4 Å². The molecule has 0 aromatic heterocycles. The number of likely N-dealkylation sites (N-methyl/N-ethyl adjacent to an activating group) is 1. The third-order valence-electron chi connectivity index (χ3n) is 3.87. The van der Waals surface area contributed by atoms with Gasteiger partial charge in [-0.05, 0) is 25.5 Å². The van der Waals surface area contributed by atoms with Crippen LogP contribution < -0.4 is 5.73 Å². The van der Waals surface area contributed by atoms with Gasteiger partial charge >= 0.3 is 0 Å². The van der Waals surface area contributed by atoms with E-state index in [0.717, 1.165) is 37.9 Å². The maximum absolute atomic E-state index is 12.5. The van der Waals surface area contributed by atoms with Gasteiger partial charge in [-0.15, -0.1) is 0 Å². The van der Waals surface area contributed by atoms with E-state index in [9.17, 15) is 4.79 Å². The highest BCUT2D eigenvalue weighted by molar-refractivity contribution is 7.98. The Morgan fingerprint density at radius 3 is 2.47 bits per heavy atom. The zero-order valence-corrected chi connectivity index (χ0v) is 12.2. The second-order valence-electron chi connectivity index (χ2n) is 5.15. The van der Waals surface area contributed by atoms with Gasteiger partial charge in [0.1, 0.15) is 0 Å². The minimum Gasteiger partial charge on any atom is -0.340 e. The fourth-order valence-corrected chi connectivity index (χ4v) is 3.45. The first-order valence-electron chi connectivity index (χ1n) is 6.60. The molecular weight excluding hydrogens is 232 g/mol. The average molecular weight is 258 g/mol. The standard InChI is InChI=1S/C13H26N2OS/c1-4-11(10-17-3)15(2)12(16)13(14)8-6-5-7-9-13/h11H,4-10,14H2,1-3H3. The molecule has 0 heterocycles. The number of hydrogen-bond acceptors (Lipinski definition) is 3. The molecule has 1 rings (SSSR count). The molecule has 1 saturated carbocycles. The molecule has 4 heteroatoms. The number of nitrogens with two attached hydrogens (primary N) is 1. The molecule has 0 bridgehead atoms. The molecule has 1 aliphatic rings. The van der Waals surface area contributed by atoms with E-state index in [2.05, 4.69) is 13.2 Å². The monoisotopic (exact) mass is 258 g/mol. The van der Waals surface area contributed by atoms with E-state index in [4.69, 9.17) is 5.73 Å². The lowest BCUT2D eigenvalue weighted by Crippen LogP contribution is -2.57. The maximum Gasteiger partial charge on any atom is 0.242 e. The van der Waals surface area contributed by atoms with Crippen molar-refractivity contribution in [1.29, 1.82) is 0 Å². The van der Waals surface area contributed by atoms with Crippen molar-refractivity contribution >= 4 is 17.7 Å². The third kappa shape index (κ3) is 3.62. The summed E-state index contributed by atoms with van der Waals surface area (Å²) >= 11 is 1.79. The highest BCUT2D eigenvalue weighted by Gasteiger charge is 2.38. The van der Waals surface area contributed by atoms with Gasteiger partial charge < -0.3 is 10.6 Å². The first kappa shape index (κ1) is 14.8. The summed E-state index contributed by atoms with van der Waals surface area (Å²) in [6, 6.07) is 0.319. The summed E-state index contributed by atoms with van der Waals surface area (Å²) in [6.45, 7) is 2.13. The minimum absolute atomic E-state index is 0.151. The Bertz CT molecular complexity index is 252. The zero-order valence-electron chi connectivity index (χ0n) is 11.4. The summed E-state index contributed by atoms with van der Waals surface area (Å²) in [6.07, 6.45) is 8.19. The van der Waals surface area contributed by atoms with Crippen molar-refractivity contribution in [3.63, 3.8) is 0 Å². The van der Waals surface area contributed by atoms with Gasteiger partial charge in [-0.3, -0.25) is 4.79 Å². The third-order valence-corrected chi connectivity index (χ3v) is 4.59. The van der Waals surface area contributed by atoms with Crippen molar-refractivity contribution in [1.82, 2.24) is 4.90 Å². The second kappa shape index (κ2) is 6.64. The summed E-state index contributed by atoms with van der Waals surface area (Å²) in [5, 5.41) is 0. The second-order valence-corrected chi connectivity index (χ2v) is 6.06. The van der Waals surface area contributed by atoms with Crippen LogP contribution in [0, 0.1) is 0 Å². The lowest BCUT2D eigenvalue weighted by atomic mass is 9.81. The number of thioether (sulfide) groups is 1. The Hall–Kier alpha value is -0.220. The van der Waals surface area contributed by atoms with Gasteiger partial charge in [-0.25, -0.2) is 0 Å². The summed E-state index contributed by atoms with van der Waals surface area (Å²) < 4.78 is 0. The van der Waals surface area contributed by atoms with Crippen molar-refractivity contribution in [2.45, 2.75) is 57.0 Å². The normalized spacial score (nSPS) is 20.9. The van der Waals surface area contributed by atoms with Crippen LogP contribution in [0.2, 0.25) is 0 Å². The van der Waals surface area contributed by atoms with Gasteiger partial charge in [0.15, 0.2) is 0 Å². The average Bonchev–Trinajstić information content (AvgIpc) is 2.35. The summed E-state index contributed by atoms with van der Waals surface area (Å²) in [5.41, 5.74) is 5.71. The van der Waals surface area contributed by atoms with Crippen molar-refractivity contribution in [2.75, 3.05) is 19.1 Å². The van der Waals surface area contributed by atoms with Crippen LogP contribution in [-0.2, 0) is 4.79 Å². The van der Waals surface area contributed by atoms with Crippen LogP contribution in [0.15, 0.2) is 0 Å². The first-order chi connectivity index (χ1) is 8.05. The van der Waals surface area contributed by atoms with E-state index < -0.39 is 5.54 Å². The highest BCUT2D eigenvalue weighted by atomic mass is 32.2. The van der Waals surface area contributed by atoms with Crippen LogP contribution in [-0.4, -0.2) is 41.4 Å². The Morgan fingerprint density at radius 1 is 1.41 bits per heavy atom. The molecule has 0 aliphatic heterocycles. The number of carbonyl (C=O) groups is 1. The Kier molecular flexibility index (Phi) is 5.80. The van der Waals surface area contributed by atoms with Crippen molar-refractivity contribution in [3.05, 3.63) is 0 Å². The SMILES string of the molecule is CCC(CSC)N(C)C(=O)C1(N)CCCCC1. The van der Waals surface area contributed by atoms with Crippen LogP contribution >= 0.6 is 11.8 Å². The fraction of sp³-hybridized carbons (Fsp3) is 0.923. The molecule has 1 fully saturated rings. The predicted octanol–water partition coefficient (Wildman–Crippen LogP) is 2.25. The molecule has 1 unspecified atom stereocenters. The van der Waals surface area contributed by atoms with E-state index in [-0.39, 0.29) is 5.91 Å². The smallest absolute Gasteiger partial charge is 0.242 e. The predicted molar refractivity (Wildman–Crippen MR) is 75.2 cm³/mol. The largest absolute Gasteiger partial charge is 0.340 e. The molecule has 0 spiro atoms. The first-order valence-corrected chi connectivity index (χ1v) is 7.99. The Labute approximate surface area is 109 Å². The van der Waals surface area contributed by atoms with Gasteiger partial charge in [-0.1, -0.05) is 26.2 Å². The number of hydrogen-bond donors (Lipinski definition) is 1. The number of carbonyl (C=O) groups excluding carboxylic acids is 1. The molecule has 17 heavy (non-hydrogen) atoms. The Balaban J connectivity index is 2.66. The van der Waals surface area contributed by atoms with Gasteiger partial charge in [0.05, 0.1) is 5.54 Å². The lowest BCUT2D eigenvalue weighted by molar-refractivity contribution is -0.138. The van der Waals surface area contributed by atoms with Gasteiger partial charge in [-0.2, -0.15) is 11.8 Å². The molecular formula is C13H26N2OS. The fourth-order valence-electron chi connectivity index (χ4n) is 2.61. The molecule has 0 aromatic carbocycles. The van der Waals surface area contributed by atoms with Crippen molar-refractivity contribution in [3.8, 4) is 0 Å². The van der Waals surface area contributed by atoms with Crippen molar-refractivity contribution in [2.24, 2.45) is 5.73 Å². The molecule has 1 amide bonds. The van der Waals surface area contributed by atoms with Crippen LogP contribution in [0.4, 0.5) is 0 Å². The van der Waals surface area contributed by atoms with Gasteiger partial charge in [0.2, 0.25) is 5.91 Å². The maximum atomic E-state index is 12.5. The van der Waals surface area contributed by atoms with Crippen LogP contribution in [0.3, 0.4) is 0 Å². The summed E-state index contributed by atoms with van der Waals surface area (Å²) in [4.78, 5) is 14.4. The van der Waals surface area contributed by atoms with E-state index in [1.165, 1.54) is 6.42 Å². The highest BCUT2D eigenvalue weighted by Crippen LogP contribution is 2.28. The minimum atomic E-state index is -0.584. The molecule has 0 aromatic rings. The van der Waals surface area contributed by atoms with E-state index in [1.54, 1.807) is 11.8 Å². The van der Waals surface area contributed by atoms with Gasteiger partial charge in [0.25, 0.3) is 0 Å². The Morgan fingerprint density at radius 2 is 2.00 bits per heavy atom. The van der Waals surface area contributed by atoms with Crippen LogP contribution in [0.25, 0.3) is 0 Å². The number of nitrogens with zero attached hydrogens (tertiary/aromatic N) is 1. The molecule has 2 N–H and O–H groups in total. The molecule has 100 valence electrons.